The molecule has 10 rings (SSSR count). The summed E-state index contributed by atoms with van der Waals surface area (Å²) in [5, 5.41) is 7.32. The highest BCUT2D eigenvalue weighted by molar-refractivity contribution is 6.23. The first-order chi connectivity index (χ1) is 25.7. The molecule has 1 aliphatic rings. The Hall–Kier alpha value is -6.78. The van der Waals surface area contributed by atoms with Crippen LogP contribution in [-0.2, 0) is 0 Å². The first-order valence-corrected chi connectivity index (χ1v) is 17.8. The van der Waals surface area contributed by atoms with E-state index in [0.29, 0.717) is 0 Å². The molecule has 0 saturated carbocycles. The third-order valence-electron chi connectivity index (χ3n) is 10.4. The number of hydrogen-bond acceptors (Lipinski definition) is 3. The minimum Gasteiger partial charge on any atom is -0.333 e. The van der Waals surface area contributed by atoms with Gasteiger partial charge < -0.3 is 9.47 Å². The second-order valence-electron chi connectivity index (χ2n) is 13.5. The van der Waals surface area contributed by atoms with Crippen molar-refractivity contribution in [3.63, 3.8) is 0 Å². The van der Waals surface area contributed by atoms with Crippen LogP contribution in [0.5, 0.6) is 0 Å². The minimum atomic E-state index is -0.235. The van der Waals surface area contributed by atoms with Gasteiger partial charge in [0.25, 0.3) is 0 Å². The standard InChI is InChI=1S/C48H34N4/c1-51-47(36-19-9-4-10-20-36)49-46(35-17-7-3-8-18-35)50-48(51)40-22-13-23-44-45(40)42-30-37(32-14-5-2-6-15-32)27-29-43(42)52(44)38-28-26-34-25-24-33-16-11-12-21-39(33)41(34)31-38/h2-31,47H,1H3. The largest absolute Gasteiger partial charge is 0.333 e. The fourth-order valence-corrected chi connectivity index (χ4v) is 7.90. The van der Waals surface area contributed by atoms with Crippen LogP contribution in [0.15, 0.2) is 192 Å². The maximum Gasteiger partial charge on any atom is 0.159 e. The average Bonchev–Trinajstić information content (AvgIpc) is 3.55. The molecule has 1 atom stereocenters. The van der Waals surface area contributed by atoms with E-state index in [1.54, 1.807) is 0 Å². The monoisotopic (exact) mass is 666 g/mol. The van der Waals surface area contributed by atoms with Gasteiger partial charge in [-0.15, -0.1) is 0 Å². The van der Waals surface area contributed by atoms with Gasteiger partial charge in [-0.1, -0.05) is 152 Å². The Kier molecular flexibility index (Phi) is 7.07. The van der Waals surface area contributed by atoms with E-state index >= 15 is 0 Å². The number of fused-ring (bicyclic) bond motifs is 6. The topological polar surface area (TPSA) is 32.9 Å². The molecule has 0 spiro atoms. The summed E-state index contributed by atoms with van der Waals surface area (Å²) in [7, 11) is 2.11. The summed E-state index contributed by atoms with van der Waals surface area (Å²) in [5.74, 6) is 1.62. The lowest BCUT2D eigenvalue weighted by Gasteiger charge is -2.32. The van der Waals surface area contributed by atoms with Crippen molar-refractivity contribution in [1.29, 1.82) is 0 Å². The van der Waals surface area contributed by atoms with E-state index in [0.717, 1.165) is 45.1 Å². The van der Waals surface area contributed by atoms with E-state index in [1.165, 1.54) is 43.4 Å². The number of amidine groups is 2. The van der Waals surface area contributed by atoms with E-state index in [-0.39, 0.29) is 6.17 Å². The summed E-state index contributed by atoms with van der Waals surface area (Å²) in [6.45, 7) is 0. The summed E-state index contributed by atoms with van der Waals surface area (Å²) in [5.41, 5.74) is 8.97. The van der Waals surface area contributed by atoms with Crippen LogP contribution >= 0.6 is 0 Å². The molecule has 0 N–H and O–H groups in total. The summed E-state index contributed by atoms with van der Waals surface area (Å²) < 4.78 is 2.43. The van der Waals surface area contributed by atoms with Crippen LogP contribution in [0.4, 0.5) is 0 Å². The highest BCUT2D eigenvalue weighted by Gasteiger charge is 2.29. The highest BCUT2D eigenvalue weighted by atomic mass is 15.3. The molecule has 4 heteroatoms. The van der Waals surface area contributed by atoms with Crippen molar-refractivity contribution in [3.8, 4) is 16.8 Å². The maximum absolute atomic E-state index is 5.36. The predicted octanol–water partition coefficient (Wildman–Crippen LogP) is 11.6. The zero-order chi connectivity index (χ0) is 34.6. The van der Waals surface area contributed by atoms with Crippen LogP contribution in [0.25, 0.3) is 60.2 Å². The van der Waals surface area contributed by atoms with Gasteiger partial charge in [0.1, 0.15) is 12.0 Å². The number of benzene rings is 8. The Morgan fingerprint density at radius 2 is 1.15 bits per heavy atom. The molecular weight excluding hydrogens is 633 g/mol. The Labute approximate surface area is 302 Å². The molecule has 1 aromatic heterocycles. The third-order valence-corrected chi connectivity index (χ3v) is 10.4. The molecule has 0 saturated heterocycles. The van der Waals surface area contributed by atoms with E-state index in [9.17, 15) is 0 Å². The SMILES string of the molecule is CN1C(c2cccc3c2c2cc(-c4ccccc4)ccc2n3-c2ccc3ccc4ccccc4c3c2)=NC(c2ccccc2)=NC1c1ccccc1. The van der Waals surface area contributed by atoms with Gasteiger partial charge in [0, 0.05) is 34.6 Å². The van der Waals surface area contributed by atoms with Crippen molar-refractivity contribution in [2.24, 2.45) is 9.98 Å². The van der Waals surface area contributed by atoms with E-state index < -0.39 is 0 Å². The van der Waals surface area contributed by atoms with Crippen molar-refractivity contribution in [3.05, 3.63) is 199 Å². The minimum absolute atomic E-state index is 0.235. The molecule has 0 fully saturated rings. The van der Waals surface area contributed by atoms with Crippen molar-refractivity contribution in [1.82, 2.24) is 9.47 Å². The quantitative estimate of drug-likeness (QED) is 0.168. The molecule has 0 radical (unpaired) electrons. The van der Waals surface area contributed by atoms with Gasteiger partial charge in [-0.05, 0) is 68.6 Å². The van der Waals surface area contributed by atoms with Crippen LogP contribution in [-0.4, -0.2) is 28.2 Å². The zero-order valence-corrected chi connectivity index (χ0v) is 28.7. The van der Waals surface area contributed by atoms with Gasteiger partial charge in [-0.3, -0.25) is 0 Å². The lowest BCUT2D eigenvalue weighted by molar-refractivity contribution is 0.383. The molecule has 0 amide bonds. The fourth-order valence-electron chi connectivity index (χ4n) is 7.90. The first kappa shape index (κ1) is 30.1. The van der Waals surface area contributed by atoms with Crippen LogP contribution in [0.3, 0.4) is 0 Å². The molecule has 4 nitrogen and oxygen atoms in total. The van der Waals surface area contributed by atoms with Crippen LogP contribution in [0.2, 0.25) is 0 Å². The van der Waals surface area contributed by atoms with E-state index in [4.69, 9.17) is 9.98 Å². The number of aliphatic imine (C=N–C) groups is 2. The van der Waals surface area contributed by atoms with Crippen molar-refractivity contribution in [2.75, 3.05) is 7.05 Å². The molecule has 52 heavy (non-hydrogen) atoms. The highest BCUT2D eigenvalue weighted by Crippen LogP contribution is 2.40. The third kappa shape index (κ3) is 4.91. The van der Waals surface area contributed by atoms with Crippen LogP contribution in [0, 0.1) is 0 Å². The van der Waals surface area contributed by atoms with Gasteiger partial charge in [-0.25, -0.2) is 9.98 Å². The summed E-state index contributed by atoms with van der Waals surface area (Å²) in [4.78, 5) is 12.8. The van der Waals surface area contributed by atoms with E-state index in [2.05, 4.69) is 192 Å². The van der Waals surface area contributed by atoms with Gasteiger partial charge in [0.05, 0.1) is 11.0 Å². The molecule has 1 aliphatic heterocycles. The van der Waals surface area contributed by atoms with Crippen molar-refractivity contribution >= 4 is 55.0 Å². The Morgan fingerprint density at radius 1 is 0.481 bits per heavy atom. The molecule has 0 bridgehead atoms. The number of hydrogen-bond donors (Lipinski definition) is 0. The van der Waals surface area contributed by atoms with Crippen molar-refractivity contribution in [2.45, 2.75) is 6.17 Å². The molecule has 246 valence electrons. The molecule has 0 aliphatic carbocycles. The number of aromatic nitrogens is 1. The van der Waals surface area contributed by atoms with Gasteiger partial charge in [-0.2, -0.15) is 0 Å². The molecule has 8 aromatic carbocycles. The van der Waals surface area contributed by atoms with Crippen LogP contribution < -0.4 is 0 Å². The second-order valence-corrected chi connectivity index (χ2v) is 13.5. The van der Waals surface area contributed by atoms with Gasteiger partial charge in [0.2, 0.25) is 0 Å². The van der Waals surface area contributed by atoms with Gasteiger partial charge in [0.15, 0.2) is 5.84 Å². The number of rotatable bonds is 5. The summed E-state index contributed by atoms with van der Waals surface area (Å²) in [6.07, 6.45) is -0.235. The Bertz CT molecular complexity index is 2850. The second kappa shape index (κ2) is 12.2. The lowest BCUT2D eigenvalue weighted by atomic mass is 9.99. The summed E-state index contributed by atoms with van der Waals surface area (Å²) in [6, 6.07) is 65.0. The molecule has 1 unspecified atom stereocenters. The molecular formula is C48H34N4. The number of nitrogens with zero attached hydrogens (tertiary/aromatic N) is 4. The van der Waals surface area contributed by atoms with E-state index in [1.807, 2.05) is 6.07 Å². The lowest BCUT2D eigenvalue weighted by Crippen LogP contribution is -2.35. The predicted molar refractivity (Wildman–Crippen MR) is 218 cm³/mol. The normalized spacial score (nSPS) is 14.6. The first-order valence-electron chi connectivity index (χ1n) is 17.8. The zero-order valence-electron chi connectivity index (χ0n) is 28.7. The fraction of sp³-hybridized carbons (Fsp3) is 0.0417. The van der Waals surface area contributed by atoms with Gasteiger partial charge >= 0.3 is 0 Å². The Morgan fingerprint density at radius 3 is 1.94 bits per heavy atom. The summed E-state index contributed by atoms with van der Waals surface area (Å²) >= 11 is 0. The average molecular weight is 667 g/mol. The van der Waals surface area contributed by atoms with Crippen LogP contribution in [0.1, 0.15) is 22.9 Å². The molecule has 9 aromatic rings. The smallest absolute Gasteiger partial charge is 0.159 e. The Balaban J connectivity index is 1.26. The molecule has 2 heterocycles. The van der Waals surface area contributed by atoms with Crippen molar-refractivity contribution < 1.29 is 0 Å². The maximum atomic E-state index is 5.36.